The third-order valence-corrected chi connectivity index (χ3v) is 9.41. The van der Waals surface area contributed by atoms with Crippen molar-refractivity contribution in [3.05, 3.63) is 89.4 Å². The Kier molecular flexibility index (Phi) is 10.9. The summed E-state index contributed by atoms with van der Waals surface area (Å²) >= 11 is 6.23. The van der Waals surface area contributed by atoms with Crippen LogP contribution >= 0.6 is 11.6 Å². The van der Waals surface area contributed by atoms with E-state index in [0.717, 1.165) is 42.0 Å². The average molecular weight is 612 g/mol. The van der Waals surface area contributed by atoms with E-state index in [1.807, 2.05) is 6.07 Å². The minimum Gasteiger partial charge on any atom is -0.492 e. The fourth-order valence-corrected chi connectivity index (χ4v) is 6.82. The summed E-state index contributed by atoms with van der Waals surface area (Å²) in [6.07, 6.45) is 5.05. The summed E-state index contributed by atoms with van der Waals surface area (Å²) in [6, 6.07) is 20.9. The zero-order valence-corrected chi connectivity index (χ0v) is 25.6. The topological polar surface area (TPSA) is 96.0 Å². The summed E-state index contributed by atoms with van der Waals surface area (Å²) in [5.41, 5.74) is 0.957. The Labute approximate surface area is 253 Å². The summed E-state index contributed by atoms with van der Waals surface area (Å²) < 4.78 is 34.9. The van der Waals surface area contributed by atoms with Crippen LogP contribution in [-0.2, 0) is 26.2 Å². The lowest BCUT2D eigenvalue weighted by atomic mass is 9.95. The Morgan fingerprint density at radius 3 is 2.36 bits per heavy atom. The van der Waals surface area contributed by atoms with Gasteiger partial charge in [0.15, 0.2) is 0 Å². The number of anilines is 1. The van der Waals surface area contributed by atoms with Crippen molar-refractivity contribution in [1.82, 2.24) is 10.2 Å². The standard InChI is InChI=1S/C32H38ClN3O5S/c1-3-41-30-20-11-10-19-29(30)36(42(39,40)28-17-8-5-9-18-28)23-31(37)35(22-25-13-12-14-26(33)21-25)24(2)32(38)34-27-15-6-4-7-16-27/h5,8-14,17-21,24,27H,3-4,6-7,15-16,22-23H2,1-2H3,(H,34,38). The molecule has 224 valence electrons. The molecule has 0 aliphatic heterocycles. The first-order chi connectivity index (χ1) is 20.2. The van der Waals surface area contributed by atoms with Crippen molar-refractivity contribution in [1.29, 1.82) is 0 Å². The van der Waals surface area contributed by atoms with Crippen molar-refractivity contribution in [2.75, 3.05) is 17.5 Å². The second kappa shape index (κ2) is 14.6. The van der Waals surface area contributed by atoms with Crippen molar-refractivity contribution in [3.63, 3.8) is 0 Å². The monoisotopic (exact) mass is 611 g/mol. The highest BCUT2D eigenvalue weighted by Gasteiger charge is 2.34. The minimum atomic E-state index is -4.19. The van der Waals surface area contributed by atoms with Crippen LogP contribution in [0.15, 0.2) is 83.8 Å². The normalized spacial score (nSPS) is 14.5. The molecule has 1 fully saturated rings. The lowest BCUT2D eigenvalue weighted by molar-refractivity contribution is -0.139. The van der Waals surface area contributed by atoms with E-state index in [1.54, 1.807) is 74.5 Å². The number of ether oxygens (including phenoxy) is 1. The summed E-state index contributed by atoms with van der Waals surface area (Å²) in [7, 11) is -4.19. The number of benzene rings is 3. The smallest absolute Gasteiger partial charge is 0.264 e. The first-order valence-corrected chi connectivity index (χ1v) is 16.2. The Bertz CT molecular complexity index is 1460. The van der Waals surface area contributed by atoms with Crippen LogP contribution in [0.4, 0.5) is 5.69 Å². The number of halogens is 1. The molecule has 0 aromatic heterocycles. The number of nitrogens with one attached hydrogen (secondary N) is 1. The minimum absolute atomic E-state index is 0.0357. The molecule has 2 amide bonds. The van der Waals surface area contributed by atoms with E-state index < -0.39 is 28.5 Å². The average Bonchev–Trinajstić information content (AvgIpc) is 2.99. The molecule has 1 atom stereocenters. The van der Waals surface area contributed by atoms with E-state index in [0.29, 0.717) is 17.4 Å². The number of rotatable bonds is 12. The molecular formula is C32H38ClN3O5S. The Hall–Kier alpha value is -3.56. The third-order valence-electron chi connectivity index (χ3n) is 7.40. The van der Waals surface area contributed by atoms with Gasteiger partial charge >= 0.3 is 0 Å². The third kappa shape index (κ3) is 7.83. The zero-order chi connectivity index (χ0) is 30.1. The van der Waals surface area contributed by atoms with Crippen LogP contribution in [0.3, 0.4) is 0 Å². The fraction of sp³-hybridized carbons (Fsp3) is 0.375. The van der Waals surface area contributed by atoms with E-state index in [9.17, 15) is 18.0 Å². The van der Waals surface area contributed by atoms with Gasteiger partial charge in [-0.2, -0.15) is 0 Å². The molecule has 8 nitrogen and oxygen atoms in total. The Morgan fingerprint density at radius 1 is 0.976 bits per heavy atom. The summed E-state index contributed by atoms with van der Waals surface area (Å²) in [5.74, 6) is -0.478. The maximum Gasteiger partial charge on any atom is 0.264 e. The highest BCUT2D eigenvalue weighted by molar-refractivity contribution is 7.92. The molecule has 0 bridgehead atoms. The lowest BCUT2D eigenvalue weighted by Gasteiger charge is -2.33. The molecule has 0 radical (unpaired) electrons. The molecule has 3 aromatic carbocycles. The second-order valence-corrected chi connectivity index (χ2v) is 12.7. The highest BCUT2D eigenvalue weighted by atomic mass is 35.5. The summed E-state index contributed by atoms with van der Waals surface area (Å²) in [5, 5.41) is 3.61. The lowest BCUT2D eigenvalue weighted by Crippen LogP contribution is -2.53. The second-order valence-electron chi connectivity index (χ2n) is 10.4. The maximum atomic E-state index is 14.2. The van der Waals surface area contributed by atoms with Crippen LogP contribution in [0.5, 0.6) is 5.75 Å². The molecule has 10 heteroatoms. The Balaban J connectivity index is 1.70. The van der Waals surface area contributed by atoms with E-state index in [4.69, 9.17) is 16.3 Å². The molecule has 1 unspecified atom stereocenters. The van der Waals surface area contributed by atoms with Crippen LogP contribution in [0.25, 0.3) is 0 Å². The summed E-state index contributed by atoms with van der Waals surface area (Å²) in [4.78, 5) is 29.1. The summed E-state index contributed by atoms with van der Waals surface area (Å²) in [6.45, 7) is 3.32. The molecule has 0 heterocycles. The number of carbonyl (C=O) groups excluding carboxylic acids is 2. The quantitative estimate of drug-likeness (QED) is 0.279. The predicted molar refractivity (Wildman–Crippen MR) is 165 cm³/mol. The Morgan fingerprint density at radius 2 is 1.67 bits per heavy atom. The number of nitrogens with zero attached hydrogens (tertiary/aromatic N) is 2. The number of hydrogen-bond donors (Lipinski definition) is 1. The van der Waals surface area contributed by atoms with Crippen LogP contribution in [-0.4, -0.2) is 50.4 Å². The SMILES string of the molecule is CCOc1ccccc1N(CC(=O)N(Cc1cccc(Cl)c1)C(C)C(=O)NC1CCCCC1)S(=O)(=O)c1ccccc1. The van der Waals surface area contributed by atoms with Gasteiger partial charge in [-0.1, -0.05) is 73.3 Å². The van der Waals surface area contributed by atoms with Gasteiger partial charge in [0.1, 0.15) is 18.3 Å². The van der Waals surface area contributed by atoms with Crippen molar-refractivity contribution >= 4 is 39.1 Å². The molecule has 0 spiro atoms. The number of carbonyl (C=O) groups is 2. The van der Waals surface area contributed by atoms with Gasteiger partial charge in [-0.25, -0.2) is 8.42 Å². The fourth-order valence-electron chi connectivity index (χ4n) is 5.16. The van der Waals surface area contributed by atoms with Crippen LogP contribution in [0.1, 0.15) is 51.5 Å². The van der Waals surface area contributed by atoms with Crippen LogP contribution < -0.4 is 14.4 Å². The van der Waals surface area contributed by atoms with Gasteiger partial charge in [0.05, 0.1) is 17.2 Å². The predicted octanol–water partition coefficient (Wildman–Crippen LogP) is 5.80. The molecule has 1 aliphatic carbocycles. The van der Waals surface area contributed by atoms with E-state index in [-0.39, 0.29) is 29.1 Å². The van der Waals surface area contributed by atoms with Crippen molar-refractivity contribution in [2.24, 2.45) is 0 Å². The molecular weight excluding hydrogens is 574 g/mol. The number of hydrogen-bond acceptors (Lipinski definition) is 5. The molecule has 1 saturated carbocycles. The van der Waals surface area contributed by atoms with Gasteiger partial charge in [-0.3, -0.25) is 13.9 Å². The van der Waals surface area contributed by atoms with Crippen LogP contribution in [0.2, 0.25) is 5.02 Å². The van der Waals surface area contributed by atoms with E-state index in [1.165, 1.54) is 17.0 Å². The largest absolute Gasteiger partial charge is 0.492 e. The van der Waals surface area contributed by atoms with Crippen molar-refractivity contribution < 1.29 is 22.7 Å². The number of para-hydroxylation sites is 2. The van der Waals surface area contributed by atoms with Crippen molar-refractivity contribution in [2.45, 2.75) is 69.5 Å². The molecule has 1 aliphatic rings. The van der Waals surface area contributed by atoms with Crippen molar-refractivity contribution in [3.8, 4) is 5.75 Å². The first-order valence-electron chi connectivity index (χ1n) is 14.3. The molecule has 1 N–H and O–H groups in total. The number of amides is 2. The highest BCUT2D eigenvalue weighted by Crippen LogP contribution is 2.33. The molecule has 0 saturated heterocycles. The van der Waals surface area contributed by atoms with Gasteiger partial charge in [-0.15, -0.1) is 0 Å². The van der Waals surface area contributed by atoms with Gasteiger partial charge in [0.2, 0.25) is 11.8 Å². The first kappa shape index (κ1) is 31.4. The van der Waals surface area contributed by atoms with Gasteiger partial charge in [0.25, 0.3) is 10.0 Å². The molecule has 4 rings (SSSR count). The van der Waals surface area contributed by atoms with E-state index >= 15 is 0 Å². The van der Waals surface area contributed by atoms with Gasteiger partial charge in [-0.05, 0) is 68.7 Å². The van der Waals surface area contributed by atoms with Crippen LogP contribution in [0, 0.1) is 0 Å². The zero-order valence-electron chi connectivity index (χ0n) is 24.0. The number of sulfonamides is 1. The molecule has 3 aromatic rings. The van der Waals surface area contributed by atoms with Gasteiger partial charge < -0.3 is 15.0 Å². The molecule has 42 heavy (non-hydrogen) atoms. The van der Waals surface area contributed by atoms with E-state index in [2.05, 4.69) is 5.32 Å². The van der Waals surface area contributed by atoms with Gasteiger partial charge in [0, 0.05) is 17.6 Å². The maximum absolute atomic E-state index is 14.2.